The van der Waals surface area contributed by atoms with Gasteiger partial charge in [0.1, 0.15) is 13.2 Å². The Morgan fingerprint density at radius 3 is 1.15 bits per heavy atom. The van der Waals surface area contributed by atoms with E-state index < -0.39 is 20.0 Å². The third-order valence-corrected chi connectivity index (χ3v) is 14.5. The number of amides is 1. The molecule has 0 aromatic rings. The van der Waals surface area contributed by atoms with Gasteiger partial charge in [-0.25, -0.2) is 4.57 Å². The molecule has 0 radical (unpaired) electrons. The zero-order chi connectivity index (χ0) is 58.4. The Bertz CT molecular complexity index is 1810. The largest absolute Gasteiger partial charge is 0.472 e. The lowest BCUT2D eigenvalue weighted by Gasteiger charge is -2.25. The molecule has 456 valence electrons. The van der Waals surface area contributed by atoms with Crippen LogP contribution in [0.25, 0.3) is 0 Å². The topological polar surface area (TPSA) is 105 Å². The second-order valence-electron chi connectivity index (χ2n) is 22.4. The first-order chi connectivity index (χ1) is 39.0. The molecule has 0 aromatic carbocycles. The number of hydrogen-bond acceptors (Lipinski definition) is 5. The molecule has 9 heteroatoms. The minimum absolute atomic E-state index is 0.0429. The van der Waals surface area contributed by atoms with E-state index in [1.165, 1.54) is 109 Å². The van der Waals surface area contributed by atoms with Gasteiger partial charge in [-0.3, -0.25) is 13.8 Å². The van der Waals surface area contributed by atoms with Crippen LogP contribution in [-0.2, 0) is 18.4 Å². The fourth-order valence-corrected chi connectivity index (χ4v) is 9.29. The van der Waals surface area contributed by atoms with Crippen LogP contribution in [0, 0.1) is 0 Å². The van der Waals surface area contributed by atoms with E-state index in [2.05, 4.69) is 153 Å². The second kappa shape index (κ2) is 60.0. The number of hydrogen-bond donors (Lipinski definition) is 3. The number of carbonyl (C=O) groups is 1. The Morgan fingerprint density at radius 2 is 0.762 bits per heavy atom. The molecule has 1 amide bonds. The van der Waals surface area contributed by atoms with Gasteiger partial charge >= 0.3 is 7.82 Å². The smallest absolute Gasteiger partial charge is 0.387 e. The van der Waals surface area contributed by atoms with E-state index in [0.29, 0.717) is 17.4 Å². The number of allylic oxidation sites excluding steroid dienone is 23. The number of aliphatic hydroxyl groups excluding tert-OH is 1. The molecule has 3 atom stereocenters. The molecular weight excluding hydrogens is 1010 g/mol. The van der Waals surface area contributed by atoms with E-state index in [1.54, 1.807) is 6.08 Å². The van der Waals surface area contributed by atoms with Gasteiger partial charge in [-0.05, 0) is 109 Å². The first-order valence-corrected chi connectivity index (χ1v) is 33.7. The van der Waals surface area contributed by atoms with Gasteiger partial charge in [0, 0.05) is 6.42 Å². The van der Waals surface area contributed by atoms with E-state index in [0.717, 1.165) is 116 Å². The normalized spacial score (nSPS) is 14.7. The Labute approximate surface area is 493 Å². The monoisotopic (exact) mass is 1130 g/mol. The molecule has 0 aromatic heterocycles. The Morgan fingerprint density at radius 1 is 0.438 bits per heavy atom. The standard InChI is InChI=1S/C71H121N2O6P/c1-6-8-10-12-14-16-18-20-22-24-26-28-30-31-32-33-34-35-36-37-38-39-40-41-43-45-47-49-51-53-55-57-59-61-63-65-71(75)72-69(68-79-80(76,77)78-67-66-73(3,4)5)70(74)64-62-60-58-56-54-52-50-48-46-44-42-29-27-25-23-21-19-17-15-13-11-9-7-2/h8,10,14,16,20,22,26,28,31-32,34-35,37-38,40-41,45,47,51,53-54,56,62,64,69-70,74H,6-7,9,11-13,15,17-19,21,23-25,27,29-30,33,36,39,42-44,46,48-50,52,55,57-61,63,65-68H2,1-5H3,(H-,72,75,76,77)/p+1/b10-8-,16-14-,22-20-,28-26-,32-31-,35-34-,38-37-,41-40-,47-45-,53-51-,56-54+,64-62+. The first kappa shape index (κ1) is 76.4. The minimum atomic E-state index is -4.38. The van der Waals surface area contributed by atoms with Crippen LogP contribution in [0.5, 0.6) is 0 Å². The van der Waals surface area contributed by atoms with Gasteiger partial charge in [0.2, 0.25) is 5.91 Å². The summed E-state index contributed by atoms with van der Waals surface area (Å²) in [5.41, 5.74) is 0. The summed E-state index contributed by atoms with van der Waals surface area (Å²) in [6.45, 7) is 4.66. The van der Waals surface area contributed by atoms with Crippen molar-refractivity contribution < 1.29 is 32.9 Å². The Hall–Kier alpha value is -3.62. The van der Waals surface area contributed by atoms with Crippen molar-refractivity contribution in [2.75, 3.05) is 40.9 Å². The number of phosphoric ester groups is 1. The van der Waals surface area contributed by atoms with Crippen molar-refractivity contribution in [2.24, 2.45) is 0 Å². The predicted molar refractivity (Wildman–Crippen MR) is 350 cm³/mol. The van der Waals surface area contributed by atoms with E-state index in [-0.39, 0.29) is 19.1 Å². The minimum Gasteiger partial charge on any atom is -0.387 e. The molecule has 0 heterocycles. The van der Waals surface area contributed by atoms with E-state index in [4.69, 9.17) is 9.05 Å². The van der Waals surface area contributed by atoms with Gasteiger partial charge in [-0.1, -0.05) is 275 Å². The molecule has 0 spiro atoms. The highest BCUT2D eigenvalue weighted by Gasteiger charge is 2.27. The number of nitrogens with zero attached hydrogens (tertiary/aromatic N) is 1. The first-order valence-electron chi connectivity index (χ1n) is 32.2. The molecule has 0 fully saturated rings. The zero-order valence-electron chi connectivity index (χ0n) is 52.0. The van der Waals surface area contributed by atoms with Crippen LogP contribution in [0.1, 0.15) is 245 Å². The second-order valence-corrected chi connectivity index (χ2v) is 23.8. The number of rotatable bonds is 57. The Kier molecular flexibility index (Phi) is 57.3. The van der Waals surface area contributed by atoms with Gasteiger partial charge in [0.05, 0.1) is 39.9 Å². The summed E-state index contributed by atoms with van der Waals surface area (Å²) in [5.74, 6) is -0.216. The van der Waals surface area contributed by atoms with Crippen molar-refractivity contribution in [3.05, 3.63) is 146 Å². The lowest BCUT2D eigenvalue weighted by molar-refractivity contribution is -0.870. The van der Waals surface area contributed by atoms with Gasteiger partial charge in [-0.15, -0.1) is 0 Å². The van der Waals surface area contributed by atoms with Crippen molar-refractivity contribution in [1.29, 1.82) is 0 Å². The summed E-state index contributed by atoms with van der Waals surface area (Å²) in [7, 11) is 1.52. The molecule has 3 N–H and O–H groups in total. The summed E-state index contributed by atoms with van der Waals surface area (Å²) in [6.07, 6.45) is 92.6. The van der Waals surface area contributed by atoms with Crippen LogP contribution in [0.15, 0.2) is 146 Å². The van der Waals surface area contributed by atoms with Crippen molar-refractivity contribution in [1.82, 2.24) is 5.32 Å². The number of nitrogens with one attached hydrogen (secondary N) is 1. The SMILES string of the molecule is CC/C=C\C/C=C\C/C=C\C/C=C\C/C=C\C/C=C\C/C=C\C/C=C\C/C=C\C/C=C\CCCCCCC(=O)NC(COP(=O)(O)OCC[N+](C)(C)C)C(O)/C=C/CC/C=C/CCCCCCCCCCCCCCCCCCC. The number of phosphoric acid groups is 1. The molecule has 0 saturated heterocycles. The van der Waals surface area contributed by atoms with E-state index in [9.17, 15) is 19.4 Å². The van der Waals surface area contributed by atoms with Crippen molar-refractivity contribution in [3.63, 3.8) is 0 Å². The highest BCUT2D eigenvalue weighted by molar-refractivity contribution is 7.47. The van der Waals surface area contributed by atoms with Crippen LogP contribution < -0.4 is 5.32 Å². The lowest BCUT2D eigenvalue weighted by atomic mass is 10.0. The third kappa shape index (κ3) is 62.0. The maximum Gasteiger partial charge on any atom is 0.472 e. The van der Waals surface area contributed by atoms with Crippen LogP contribution in [0.4, 0.5) is 0 Å². The van der Waals surface area contributed by atoms with Crippen molar-refractivity contribution in [2.45, 2.75) is 257 Å². The van der Waals surface area contributed by atoms with E-state index >= 15 is 0 Å². The molecule has 0 rings (SSSR count). The van der Waals surface area contributed by atoms with Gasteiger partial charge < -0.3 is 19.8 Å². The molecule has 0 aliphatic heterocycles. The van der Waals surface area contributed by atoms with Gasteiger partial charge in [-0.2, -0.15) is 0 Å². The van der Waals surface area contributed by atoms with Gasteiger partial charge in [0.25, 0.3) is 0 Å². The third-order valence-electron chi connectivity index (χ3n) is 13.5. The fourth-order valence-electron chi connectivity index (χ4n) is 8.56. The molecule has 0 bridgehead atoms. The van der Waals surface area contributed by atoms with Crippen LogP contribution in [-0.4, -0.2) is 73.4 Å². The van der Waals surface area contributed by atoms with E-state index in [1.807, 2.05) is 27.2 Å². The maximum atomic E-state index is 13.0. The summed E-state index contributed by atoms with van der Waals surface area (Å²) >= 11 is 0. The molecule has 8 nitrogen and oxygen atoms in total. The molecule has 0 aliphatic rings. The summed E-state index contributed by atoms with van der Waals surface area (Å²) in [5, 5.41) is 13.9. The number of aliphatic hydroxyl groups is 1. The number of unbranched alkanes of at least 4 members (excludes halogenated alkanes) is 22. The highest BCUT2D eigenvalue weighted by Crippen LogP contribution is 2.43. The Balaban J connectivity index is 4.30. The molecule has 0 saturated carbocycles. The molecule has 80 heavy (non-hydrogen) atoms. The van der Waals surface area contributed by atoms with Crippen LogP contribution >= 0.6 is 7.82 Å². The number of likely N-dealkylation sites (N-methyl/N-ethyl adjacent to an activating group) is 1. The number of carbonyl (C=O) groups excluding carboxylic acids is 1. The number of quaternary nitrogens is 1. The average molecular weight is 1130 g/mol. The highest BCUT2D eigenvalue weighted by atomic mass is 31.2. The van der Waals surface area contributed by atoms with Crippen LogP contribution in [0.3, 0.4) is 0 Å². The van der Waals surface area contributed by atoms with Crippen LogP contribution in [0.2, 0.25) is 0 Å². The zero-order valence-corrected chi connectivity index (χ0v) is 52.9. The molecule has 3 unspecified atom stereocenters. The van der Waals surface area contributed by atoms with Crippen molar-refractivity contribution >= 4 is 13.7 Å². The lowest BCUT2D eigenvalue weighted by Crippen LogP contribution is -2.45. The summed E-state index contributed by atoms with van der Waals surface area (Å²) < 4.78 is 23.7. The quantitative estimate of drug-likeness (QED) is 0.0243. The average Bonchev–Trinajstić information content (AvgIpc) is 3.42. The fraction of sp³-hybridized carbons (Fsp3) is 0.648. The molecule has 0 aliphatic carbocycles. The summed E-state index contributed by atoms with van der Waals surface area (Å²) in [6, 6.07) is -0.890. The van der Waals surface area contributed by atoms with Crippen molar-refractivity contribution in [3.8, 4) is 0 Å². The predicted octanol–water partition coefficient (Wildman–Crippen LogP) is 20.4. The molecular formula is C71H122N2O6P+. The van der Waals surface area contributed by atoms with Gasteiger partial charge in [0.15, 0.2) is 0 Å². The maximum absolute atomic E-state index is 13.0. The summed E-state index contributed by atoms with van der Waals surface area (Å²) in [4.78, 5) is 23.4.